The van der Waals surface area contributed by atoms with Crippen LogP contribution < -0.4 is 5.32 Å². The molecule has 0 saturated carbocycles. The molecule has 1 aromatic heterocycles. The van der Waals surface area contributed by atoms with E-state index in [9.17, 15) is 0 Å². The molecule has 0 amide bonds. The van der Waals surface area contributed by atoms with E-state index in [2.05, 4.69) is 50.4 Å². The van der Waals surface area contributed by atoms with Gasteiger partial charge in [0.05, 0.1) is 13.1 Å². The fourth-order valence-corrected chi connectivity index (χ4v) is 2.05. The van der Waals surface area contributed by atoms with Crippen molar-refractivity contribution >= 4 is 15.9 Å². The number of hydrogen-bond donors (Lipinski definition) is 1. The lowest BCUT2D eigenvalue weighted by Gasteiger charge is -2.06. The van der Waals surface area contributed by atoms with Crippen molar-refractivity contribution in [2.75, 3.05) is 6.54 Å². The van der Waals surface area contributed by atoms with E-state index in [-0.39, 0.29) is 0 Å². The van der Waals surface area contributed by atoms with Crippen molar-refractivity contribution in [2.24, 2.45) is 0 Å². The van der Waals surface area contributed by atoms with Gasteiger partial charge in [-0.3, -0.25) is 0 Å². The second-order valence-corrected chi connectivity index (χ2v) is 4.66. The van der Waals surface area contributed by atoms with Crippen LogP contribution in [0.2, 0.25) is 0 Å². The number of nitrogens with zero attached hydrogens (tertiary/aromatic N) is 3. The Morgan fingerprint density at radius 3 is 3.06 bits per heavy atom. The zero-order valence-corrected chi connectivity index (χ0v) is 11.3. The summed E-state index contributed by atoms with van der Waals surface area (Å²) in [6.45, 7) is 4.52. The third kappa shape index (κ3) is 3.38. The molecule has 1 N–H and O–H groups in total. The number of nitrogens with one attached hydrogen (secondary N) is 1. The van der Waals surface area contributed by atoms with E-state index in [4.69, 9.17) is 0 Å². The zero-order valence-electron chi connectivity index (χ0n) is 9.73. The van der Waals surface area contributed by atoms with Crippen molar-refractivity contribution in [1.82, 2.24) is 20.1 Å². The van der Waals surface area contributed by atoms with Crippen molar-refractivity contribution in [3.63, 3.8) is 0 Å². The Bertz CT molecular complexity index is 481. The lowest BCUT2D eigenvalue weighted by Crippen LogP contribution is -2.17. The molecule has 2 rings (SSSR count). The minimum Gasteiger partial charge on any atom is -0.310 e. The molecule has 90 valence electrons. The fraction of sp³-hybridized carbons (Fsp3) is 0.333. The molecule has 0 saturated heterocycles. The van der Waals surface area contributed by atoms with E-state index in [0.717, 1.165) is 29.9 Å². The van der Waals surface area contributed by atoms with Crippen molar-refractivity contribution < 1.29 is 0 Å². The molecule has 0 radical (unpaired) electrons. The molecule has 1 aromatic carbocycles. The summed E-state index contributed by atoms with van der Waals surface area (Å²) in [6, 6.07) is 8.23. The minimum absolute atomic E-state index is 0.750. The van der Waals surface area contributed by atoms with Crippen LogP contribution in [-0.4, -0.2) is 21.3 Å². The van der Waals surface area contributed by atoms with Gasteiger partial charge in [-0.1, -0.05) is 35.0 Å². The molecular weight excluding hydrogens is 280 g/mol. The second kappa shape index (κ2) is 5.93. The number of aromatic nitrogens is 3. The number of rotatable bonds is 5. The summed E-state index contributed by atoms with van der Waals surface area (Å²) < 4.78 is 3.01. The van der Waals surface area contributed by atoms with Crippen LogP contribution in [0.4, 0.5) is 0 Å². The lowest BCUT2D eigenvalue weighted by atomic mass is 10.2. The quantitative estimate of drug-likeness (QED) is 0.919. The zero-order chi connectivity index (χ0) is 12.1. The smallest absolute Gasteiger partial charge is 0.141 e. The molecular formula is C12H15BrN4. The molecule has 0 aliphatic carbocycles. The summed E-state index contributed by atoms with van der Waals surface area (Å²) in [5.74, 6) is 0.965. The van der Waals surface area contributed by atoms with Gasteiger partial charge in [0.25, 0.3) is 0 Å². The minimum atomic E-state index is 0.750. The van der Waals surface area contributed by atoms with Crippen LogP contribution >= 0.6 is 15.9 Å². The maximum Gasteiger partial charge on any atom is 0.141 e. The molecule has 0 spiro atoms. The fourth-order valence-electron chi connectivity index (χ4n) is 1.60. The lowest BCUT2D eigenvalue weighted by molar-refractivity contribution is 0.595. The predicted molar refractivity (Wildman–Crippen MR) is 70.6 cm³/mol. The standard InChI is InChI=1S/C12H15BrN4/c1-2-14-7-12-15-9-16-17(12)8-10-4-3-5-11(13)6-10/h3-6,9,14H,2,7-8H2,1H3. The third-order valence-electron chi connectivity index (χ3n) is 2.45. The molecule has 1 heterocycles. The maximum absolute atomic E-state index is 4.25. The van der Waals surface area contributed by atoms with Gasteiger partial charge < -0.3 is 5.32 Å². The third-order valence-corrected chi connectivity index (χ3v) is 2.94. The molecule has 5 heteroatoms. The largest absolute Gasteiger partial charge is 0.310 e. The average Bonchev–Trinajstić information content (AvgIpc) is 2.74. The van der Waals surface area contributed by atoms with Gasteiger partial charge in [-0.25, -0.2) is 9.67 Å². The van der Waals surface area contributed by atoms with Crippen LogP contribution in [0.5, 0.6) is 0 Å². The van der Waals surface area contributed by atoms with Gasteiger partial charge in [-0.05, 0) is 24.2 Å². The molecule has 0 fully saturated rings. The Hall–Kier alpha value is -1.20. The molecule has 0 aliphatic heterocycles. The van der Waals surface area contributed by atoms with Gasteiger partial charge in [-0.15, -0.1) is 0 Å². The monoisotopic (exact) mass is 294 g/mol. The van der Waals surface area contributed by atoms with E-state index in [1.54, 1.807) is 6.33 Å². The van der Waals surface area contributed by atoms with Crippen LogP contribution in [0.15, 0.2) is 35.1 Å². The molecule has 0 bridgehead atoms. The first kappa shape index (κ1) is 12.3. The van der Waals surface area contributed by atoms with Crippen molar-refractivity contribution in [1.29, 1.82) is 0 Å². The summed E-state index contributed by atoms with van der Waals surface area (Å²) in [4.78, 5) is 4.25. The van der Waals surface area contributed by atoms with E-state index >= 15 is 0 Å². The van der Waals surface area contributed by atoms with Crippen molar-refractivity contribution in [3.05, 3.63) is 46.5 Å². The first-order valence-electron chi connectivity index (χ1n) is 5.61. The summed E-state index contributed by atoms with van der Waals surface area (Å²) >= 11 is 3.47. The number of benzene rings is 1. The second-order valence-electron chi connectivity index (χ2n) is 3.74. The summed E-state index contributed by atoms with van der Waals surface area (Å²) in [5.41, 5.74) is 1.21. The number of halogens is 1. The highest BCUT2D eigenvalue weighted by Crippen LogP contribution is 2.12. The molecule has 17 heavy (non-hydrogen) atoms. The SMILES string of the molecule is CCNCc1ncnn1Cc1cccc(Br)c1. The van der Waals surface area contributed by atoms with Crippen LogP contribution in [0.25, 0.3) is 0 Å². The molecule has 2 aromatic rings. The average molecular weight is 295 g/mol. The topological polar surface area (TPSA) is 42.7 Å². The summed E-state index contributed by atoms with van der Waals surface area (Å²) in [7, 11) is 0. The Labute approximate surface area is 109 Å². The van der Waals surface area contributed by atoms with E-state index in [1.165, 1.54) is 5.56 Å². The van der Waals surface area contributed by atoms with Gasteiger partial charge in [0.15, 0.2) is 0 Å². The van der Waals surface area contributed by atoms with Crippen molar-refractivity contribution in [2.45, 2.75) is 20.0 Å². The van der Waals surface area contributed by atoms with Gasteiger partial charge in [0, 0.05) is 4.47 Å². The van der Waals surface area contributed by atoms with Crippen molar-refractivity contribution in [3.8, 4) is 0 Å². The first-order chi connectivity index (χ1) is 8.29. The predicted octanol–water partition coefficient (Wildman–Crippen LogP) is 2.20. The Kier molecular flexibility index (Phi) is 4.28. The normalized spacial score (nSPS) is 10.7. The maximum atomic E-state index is 4.25. The van der Waals surface area contributed by atoms with Crippen LogP contribution in [0.3, 0.4) is 0 Å². The first-order valence-corrected chi connectivity index (χ1v) is 6.40. The molecule has 4 nitrogen and oxygen atoms in total. The van der Waals surface area contributed by atoms with E-state index < -0.39 is 0 Å². The van der Waals surface area contributed by atoms with Gasteiger partial charge >= 0.3 is 0 Å². The molecule has 0 aliphatic rings. The number of hydrogen-bond acceptors (Lipinski definition) is 3. The van der Waals surface area contributed by atoms with Gasteiger partial charge in [0.2, 0.25) is 0 Å². The Morgan fingerprint density at radius 1 is 1.41 bits per heavy atom. The summed E-state index contributed by atoms with van der Waals surface area (Å²) in [5, 5.41) is 7.50. The van der Waals surface area contributed by atoms with E-state index in [0.29, 0.717) is 0 Å². The molecule has 0 unspecified atom stereocenters. The van der Waals surface area contributed by atoms with Gasteiger partial charge in [-0.2, -0.15) is 5.10 Å². The van der Waals surface area contributed by atoms with Crippen LogP contribution in [0, 0.1) is 0 Å². The van der Waals surface area contributed by atoms with Gasteiger partial charge in [0.1, 0.15) is 12.2 Å². The van der Waals surface area contributed by atoms with Crippen LogP contribution in [-0.2, 0) is 13.1 Å². The Balaban J connectivity index is 2.10. The highest BCUT2D eigenvalue weighted by atomic mass is 79.9. The Morgan fingerprint density at radius 2 is 2.29 bits per heavy atom. The highest BCUT2D eigenvalue weighted by Gasteiger charge is 2.04. The van der Waals surface area contributed by atoms with Crippen LogP contribution in [0.1, 0.15) is 18.3 Å². The highest BCUT2D eigenvalue weighted by molar-refractivity contribution is 9.10. The molecule has 0 atom stereocenters. The summed E-state index contributed by atoms with van der Waals surface area (Å²) in [6.07, 6.45) is 1.60. The van der Waals surface area contributed by atoms with E-state index in [1.807, 2.05) is 16.8 Å².